The highest BCUT2D eigenvalue weighted by atomic mass is 32.2. The number of benzene rings is 1. The molecule has 0 saturated heterocycles. The first-order valence-corrected chi connectivity index (χ1v) is 8.01. The molecular weight excluding hydrogens is 246 g/mol. The average Bonchev–Trinajstić information content (AvgIpc) is 2.69. The van der Waals surface area contributed by atoms with E-state index in [4.69, 9.17) is 0 Å². The van der Waals surface area contributed by atoms with Crippen molar-refractivity contribution in [1.29, 1.82) is 0 Å². The monoisotopic (exact) mass is 265 g/mol. The summed E-state index contributed by atoms with van der Waals surface area (Å²) in [6.45, 7) is 2.12. The molecule has 0 radical (unpaired) electrons. The molecule has 1 aromatic rings. The molecule has 3 nitrogen and oxygen atoms in total. The Morgan fingerprint density at radius 1 is 1.33 bits per heavy atom. The lowest BCUT2D eigenvalue weighted by molar-refractivity contribution is 0.471. The van der Waals surface area contributed by atoms with Crippen molar-refractivity contribution in [3.63, 3.8) is 0 Å². The molecule has 18 heavy (non-hydrogen) atoms. The van der Waals surface area contributed by atoms with Gasteiger partial charge in [0.25, 0.3) is 0 Å². The third-order valence-corrected chi connectivity index (χ3v) is 4.59. The van der Waals surface area contributed by atoms with Crippen LogP contribution in [0.2, 0.25) is 0 Å². The highest BCUT2D eigenvalue weighted by Gasteiger charge is 2.23. The van der Waals surface area contributed by atoms with Crippen LogP contribution < -0.4 is 5.32 Å². The number of rotatable bonds is 5. The largest absolute Gasteiger partial charge is 0.306 e. The lowest BCUT2D eigenvalue weighted by atomic mass is 10.0. The minimum Gasteiger partial charge on any atom is -0.306 e. The molecule has 2 atom stereocenters. The van der Waals surface area contributed by atoms with Crippen LogP contribution in [0.5, 0.6) is 0 Å². The van der Waals surface area contributed by atoms with Gasteiger partial charge in [-0.05, 0) is 18.4 Å². The Hall–Kier alpha value is -1.13. The highest BCUT2D eigenvalue weighted by molar-refractivity contribution is 7.94. The summed E-state index contributed by atoms with van der Waals surface area (Å²) in [5.74, 6) is 0.193. The number of hydrogen-bond donors (Lipinski definition) is 1. The van der Waals surface area contributed by atoms with Crippen LogP contribution in [0.3, 0.4) is 0 Å². The van der Waals surface area contributed by atoms with E-state index >= 15 is 0 Å². The van der Waals surface area contributed by atoms with Crippen LogP contribution in [0.1, 0.15) is 18.9 Å². The van der Waals surface area contributed by atoms with Crippen LogP contribution >= 0.6 is 0 Å². The van der Waals surface area contributed by atoms with Crippen LogP contribution in [-0.2, 0) is 16.3 Å². The molecule has 1 aromatic carbocycles. The van der Waals surface area contributed by atoms with Crippen LogP contribution in [0.25, 0.3) is 0 Å². The first-order valence-electron chi connectivity index (χ1n) is 6.30. The van der Waals surface area contributed by atoms with E-state index in [9.17, 15) is 8.42 Å². The third kappa shape index (κ3) is 3.68. The van der Waals surface area contributed by atoms with Gasteiger partial charge in [-0.3, -0.25) is 0 Å². The SMILES string of the molecule is CCC(Cc1ccccc1)NC1C=CS(=O)(=O)C1. The molecule has 0 fully saturated rings. The zero-order chi connectivity index (χ0) is 13.0. The molecule has 0 aromatic heterocycles. The first-order chi connectivity index (χ1) is 8.59. The van der Waals surface area contributed by atoms with Crippen molar-refractivity contribution in [2.45, 2.75) is 31.8 Å². The molecule has 1 heterocycles. The van der Waals surface area contributed by atoms with E-state index in [1.807, 2.05) is 18.2 Å². The topological polar surface area (TPSA) is 46.2 Å². The lowest BCUT2D eigenvalue weighted by Crippen LogP contribution is -2.39. The second-order valence-corrected chi connectivity index (χ2v) is 6.66. The van der Waals surface area contributed by atoms with Crippen molar-refractivity contribution in [1.82, 2.24) is 5.32 Å². The van der Waals surface area contributed by atoms with Crippen molar-refractivity contribution >= 4 is 9.84 Å². The number of hydrogen-bond acceptors (Lipinski definition) is 3. The van der Waals surface area contributed by atoms with Crippen LogP contribution in [-0.4, -0.2) is 26.3 Å². The minimum absolute atomic E-state index is 0.0383. The summed E-state index contributed by atoms with van der Waals surface area (Å²) in [6, 6.07) is 10.5. The van der Waals surface area contributed by atoms with E-state index in [-0.39, 0.29) is 11.8 Å². The van der Waals surface area contributed by atoms with Crippen LogP contribution in [0.15, 0.2) is 41.8 Å². The molecule has 2 unspecified atom stereocenters. The maximum absolute atomic E-state index is 11.3. The van der Waals surface area contributed by atoms with E-state index < -0.39 is 9.84 Å². The Morgan fingerprint density at radius 2 is 2.06 bits per heavy atom. The van der Waals surface area contributed by atoms with E-state index in [1.54, 1.807) is 6.08 Å². The predicted octanol–water partition coefficient (Wildman–Crippen LogP) is 1.91. The van der Waals surface area contributed by atoms with Crippen molar-refractivity contribution in [2.75, 3.05) is 5.75 Å². The van der Waals surface area contributed by atoms with E-state index in [2.05, 4.69) is 24.4 Å². The summed E-state index contributed by atoms with van der Waals surface area (Å²) in [6.07, 6.45) is 3.67. The Kier molecular flexibility index (Phi) is 4.19. The molecular formula is C14H19NO2S. The summed E-state index contributed by atoms with van der Waals surface area (Å²) in [4.78, 5) is 0. The summed E-state index contributed by atoms with van der Waals surface area (Å²) in [5, 5.41) is 4.72. The molecule has 0 spiro atoms. The van der Waals surface area contributed by atoms with Crippen molar-refractivity contribution < 1.29 is 8.42 Å². The summed E-state index contributed by atoms with van der Waals surface area (Å²) < 4.78 is 22.7. The Morgan fingerprint density at radius 3 is 2.61 bits per heavy atom. The smallest absolute Gasteiger partial charge is 0.173 e. The molecule has 0 saturated carbocycles. The van der Waals surface area contributed by atoms with Gasteiger partial charge in [0.1, 0.15) is 0 Å². The van der Waals surface area contributed by atoms with Gasteiger partial charge in [-0.1, -0.05) is 43.3 Å². The molecule has 0 amide bonds. The fourth-order valence-corrected chi connectivity index (χ4v) is 3.45. The first kappa shape index (κ1) is 13.3. The molecule has 2 rings (SSSR count). The van der Waals surface area contributed by atoms with Gasteiger partial charge in [0.2, 0.25) is 0 Å². The predicted molar refractivity (Wildman–Crippen MR) is 74.1 cm³/mol. The maximum atomic E-state index is 11.3. The van der Waals surface area contributed by atoms with Crippen molar-refractivity contribution in [3.05, 3.63) is 47.4 Å². The van der Waals surface area contributed by atoms with E-state index in [1.165, 1.54) is 11.0 Å². The van der Waals surface area contributed by atoms with Crippen molar-refractivity contribution in [3.8, 4) is 0 Å². The molecule has 1 N–H and O–H groups in total. The summed E-state index contributed by atoms with van der Waals surface area (Å²) in [7, 11) is -2.97. The summed E-state index contributed by atoms with van der Waals surface area (Å²) >= 11 is 0. The average molecular weight is 265 g/mol. The molecule has 0 aliphatic carbocycles. The third-order valence-electron chi connectivity index (χ3n) is 3.20. The Bertz CT molecular complexity index is 508. The number of nitrogens with one attached hydrogen (secondary N) is 1. The van der Waals surface area contributed by atoms with Gasteiger partial charge in [0, 0.05) is 17.5 Å². The van der Waals surface area contributed by atoms with E-state index in [0.717, 1.165) is 12.8 Å². The van der Waals surface area contributed by atoms with E-state index in [0.29, 0.717) is 6.04 Å². The molecule has 1 aliphatic rings. The highest BCUT2D eigenvalue weighted by Crippen LogP contribution is 2.12. The second kappa shape index (κ2) is 5.67. The molecule has 1 aliphatic heterocycles. The van der Waals surface area contributed by atoms with Gasteiger partial charge in [0.15, 0.2) is 9.84 Å². The zero-order valence-electron chi connectivity index (χ0n) is 10.5. The number of sulfone groups is 1. The van der Waals surface area contributed by atoms with Crippen LogP contribution in [0.4, 0.5) is 0 Å². The zero-order valence-corrected chi connectivity index (χ0v) is 11.4. The minimum atomic E-state index is -2.97. The normalized spacial score (nSPS) is 23.1. The molecule has 98 valence electrons. The Balaban J connectivity index is 1.93. The van der Waals surface area contributed by atoms with Gasteiger partial charge in [0.05, 0.1) is 5.75 Å². The molecule has 4 heteroatoms. The molecule has 0 bridgehead atoms. The van der Waals surface area contributed by atoms with Crippen molar-refractivity contribution in [2.24, 2.45) is 0 Å². The summed E-state index contributed by atoms with van der Waals surface area (Å²) in [5.41, 5.74) is 1.28. The second-order valence-electron chi connectivity index (χ2n) is 4.73. The maximum Gasteiger partial charge on any atom is 0.173 e. The van der Waals surface area contributed by atoms with Crippen LogP contribution in [0, 0.1) is 0 Å². The standard InChI is InChI=1S/C14H19NO2S/c1-2-13(10-12-6-4-3-5-7-12)15-14-8-9-18(16,17)11-14/h3-9,13-15H,2,10-11H2,1H3. The van der Waals surface area contributed by atoms with Gasteiger partial charge in [-0.25, -0.2) is 8.42 Å². The fourth-order valence-electron chi connectivity index (χ4n) is 2.20. The quantitative estimate of drug-likeness (QED) is 0.884. The van der Waals surface area contributed by atoms with Gasteiger partial charge >= 0.3 is 0 Å². The lowest BCUT2D eigenvalue weighted by Gasteiger charge is -2.20. The Labute approximate surface area is 109 Å². The van der Waals surface area contributed by atoms with Gasteiger partial charge < -0.3 is 5.32 Å². The fraction of sp³-hybridized carbons (Fsp3) is 0.429. The van der Waals surface area contributed by atoms with Gasteiger partial charge in [-0.15, -0.1) is 0 Å². The van der Waals surface area contributed by atoms with Gasteiger partial charge in [-0.2, -0.15) is 0 Å².